The Bertz CT molecular complexity index is 404. The minimum Gasteiger partial charge on any atom is -0.333 e. The summed E-state index contributed by atoms with van der Waals surface area (Å²) in [7, 11) is 1.85. The van der Waals surface area contributed by atoms with Gasteiger partial charge in [-0.05, 0) is 13.8 Å². The number of nitrogens with zero attached hydrogens (tertiary/aromatic N) is 3. The summed E-state index contributed by atoms with van der Waals surface area (Å²) in [6.45, 7) is 6.50. The second-order valence-electron chi connectivity index (χ2n) is 4.32. The van der Waals surface area contributed by atoms with Crippen LogP contribution in [0.2, 0.25) is 0 Å². The van der Waals surface area contributed by atoms with E-state index in [1.165, 1.54) is 0 Å². The molecule has 2 rings (SSSR count). The van der Waals surface area contributed by atoms with E-state index in [2.05, 4.69) is 17.3 Å². The lowest BCUT2D eigenvalue weighted by atomic mass is 10.1. The Balaban J connectivity index is 0.00000144. The Morgan fingerprint density at radius 1 is 1.59 bits per heavy atom. The number of rotatable bonds is 1. The molecule has 1 amide bonds. The topological polar surface area (TPSA) is 50.2 Å². The van der Waals surface area contributed by atoms with E-state index in [0.717, 1.165) is 30.9 Å². The molecule has 0 bridgehead atoms. The number of hydrogen-bond donors (Lipinski definition) is 1. The number of amides is 1. The van der Waals surface area contributed by atoms with Crippen LogP contribution in [0.25, 0.3) is 0 Å². The number of carbonyl (C=O) groups excluding carboxylic acids is 1. The summed E-state index contributed by atoms with van der Waals surface area (Å²) in [5, 5.41) is 7.39. The van der Waals surface area contributed by atoms with Gasteiger partial charge in [-0.3, -0.25) is 9.48 Å². The molecule has 96 valence electrons. The highest BCUT2D eigenvalue weighted by Crippen LogP contribution is 2.13. The first kappa shape index (κ1) is 14.0. The van der Waals surface area contributed by atoms with Crippen molar-refractivity contribution in [1.82, 2.24) is 20.0 Å². The van der Waals surface area contributed by atoms with Crippen molar-refractivity contribution in [3.8, 4) is 0 Å². The monoisotopic (exact) mass is 258 g/mol. The number of aromatic nitrogens is 2. The number of halogens is 1. The Morgan fingerprint density at radius 2 is 2.29 bits per heavy atom. The molecule has 0 saturated carbocycles. The molecule has 1 unspecified atom stereocenters. The normalized spacial score (nSPS) is 19.9. The van der Waals surface area contributed by atoms with E-state index in [9.17, 15) is 4.79 Å². The van der Waals surface area contributed by atoms with E-state index in [4.69, 9.17) is 0 Å². The van der Waals surface area contributed by atoms with Gasteiger partial charge in [-0.2, -0.15) is 5.10 Å². The smallest absolute Gasteiger partial charge is 0.257 e. The Kier molecular flexibility index (Phi) is 4.54. The molecule has 0 aromatic carbocycles. The van der Waals surface area contributed by atoms with Crippen molar-refractivity contribution in [2.45, 2.75) is 19.9 Å². The molecule has 2 heterocycles. The van der Waals surface area contributed by atoms with Crippen molar-refractivity contribution < 1.29 is 4.79 Å². The fraction of sp³-hybridized carbons (Fsp3) is 0.636. The van der Waals surface area contributed by atoms with Crippen LogP contribution in [0.4, 0.5) is 0 Å². The third kappa shape index (κ3) is 2.61. The first-order chi connectivity index (χ1) is 7.61. The lowest BCUT2D eigenvalue weighted by Gasteiger charge is -2.33. The molecule has 1 N–H and O–H groups in total. The van der Waals surface area contributed by atoms with Gasteiger partial charge < -0.3 is 10.2 Å². The molecule has 1 fully saturated rings. The van der Waals surface area contributed by atoms with E-state index in [1.807, 2.05) is 18.9 Å². The summed E-state index contributed by atoms with van der Waals surface area (Å²) in [4.78, 5) is 14.2. The van der Waals surface area contributed by atoms with Crippen LogP contribution in [0, 0.1) is 6.92 Å². The summed E-state index contributed by atoms with van der Waals surface area (Å²) in [6.07, 6.45) is 1.66. The van der Waals surface area contributed by atoms with Gasteiger partial charge in [0.05, 0.1) is 11.8 Å². The zero-order valence-corrected chi connectivity index (χ0v) is 11.3. The van der Waals surface area contributed by atoms with E-state index in [0.29, 0.717) is 0 Å². The van der Waals surface area contributed by atoms with Gasteiger partial charge in [-0.15, -0.1) is 12.4 Å². The van der Waals surface area contributed by atoms with Gasteiger partial charge in [-0.25, -0.2) is 0 Å². The maximum atomic E-state index is 12.3. The highest BCUT2D eigenvalue weighted by Gasteiger charge is 2.26. The SMILES string of the molecule is Cc1c(C(=O)N2CCNCC2C)cnn1C.Cl. The van der Waals surface area contributed by atoms with Crippen molar-refractivity contribution in [3.05, 3.63) is 17.5 Å². The number of carbonyl (C=O) groups is 1. The summed E-state index contributed by atoms with van der Waals surface area (Å²) in [6, 6.07) is 0.251. The predicted molar refractivity (Wildman–Crippen MR) is 68.6 cm³/mol. The first-order valence-corrected chi connectivity index (χ1v) is 5.61. The van der Waals surface area contributed by atoms with E-state index < -0.39 is 0 Å². The first-order valence-electron chi connectivity index (χ1n) is 5.61. The van der Waals surface area contributed by atoms with Crippen molar-refractivity contribution >= 4 is 18.3 Å². The highest BCUT2D eigenvalue weighted by molar-refractivity contribution is 5.95. The third-order valence-corrected chi connectivity index (χ3v) is 3.23. The van der Waals surface area contributed by atoms with Crippen molar-refractivity contribution in [3.63, 3.8) is 0 Å². The molecule has 0 radical (unpaired) electrons. The van der Waals surface area contributed by atoms with Crippen LogP contribution in [0.1, 0.15) is 23.0 Å². The van der Waals surface area contributed by atoms with Crippen LogP contribution in [-0.2, 0) is 7.05 Å². The molecule has 1 atom stereocenters. The summed E-state index contributed by atoms with van der Waals surface area (Å²) in [5.41, 5.74) is 1.65. The highest BCUT2D eigenvalue weighted by atomic mass is 35.5. The summed E-state index contributed by atoms with van der Waals surface area (Å²) >= 11 is 0. The van der Waals surface area contributed by atoms with E-state index in [-0.39, 0.29) is 24.4 Å². The zero-order valence-electron chi connectivity index (χ0n) is 10.4. The maximum absolute atomic E-state index is 12.3. The molecule has 1 aliphatic rings. The van der Waals surface area contributed by atoms with Crippen LogP contribution in [0.5, 0.6) is 0 Å². The molecular weight excluding hydrogens is 240 g/mol. The zero-order chi connectivity index (χ0) is 11.7. The Morgan fingerprint density at radius 3 is 2.82 bits per heavy atom. The fourth-order valence-corrected chi connectivity index (χ4v) is 2.01. The lowest BCUT2D eigenvalue weighted by Crippen LogP contribution is -2.52. The number of piperazine rings is 1. The lowest BCUT2D eigenvalue weighted by molar-refractivity contribution is 0.0655. The second kappa shape index (κ2) is 5.51. The van der Waals surface area contributed by atoms with Crippen LogP contribution >= 0.6 is 12.4 Å². The predicted octanol–water partition coefficient (Wildman–Crippen LogP) is 0.584. The van der Waals surface area contributed by atoms with Crippen LogP contribution in [0.3, 0.4) is 0 Å². The molecular formula is C11H19ClN4O. The molecule has 1 aromatic heterocycles. The van der Waals surface area contributed by atoms with Gasteiger partial charge in [0, 0.05) is 38.4 Å². The van der Waals surface area contributed by atoms with Gasteiger partial charge in [0.1, 0.15) is 0 Å². The third-order valence-electron chi connectivity index (χ3n) is 3.23. The second-order valence-corrected chi connectivity index (χ2v) is 4.32. The number of nitrogens with one attached hydrogen (secondary N) is 1. The van der Waals surface area contributed by atoms with Crippen molar-refractivity contribution in [2.75, 3.05) is 19.6 Å². The molecule has 0 spiro atoms. The van der Waals surface area contributed by atoms with Gasteiger partial charge in [0.2, 0.25) is 0 Å². The van der Waals surface area contributed by atoms with Crippen LogP contribution in [0.15, 0.2) is 6.20 Å². The minimum absolute atomic E-state index is 0. The molecule has 1 aliphatic heterocycles. The van der Waals surface area contributed by atoms with Gasteiger partial charge in [0.15, 0.2) is 0 Å². The molecule has 17 heavy (non-hydrogen) atoms. The van der Waals surface area contributed by atoms with Crippen molar-refractivity contribution in [2.24, 2.45) is 7.05 Å². The fourth-order valence-electron chi connectivity index (χ4n) is 2.01. The van der Waals surface area contributed by atoms with E-state index in [1.54, 1.807) is 10.9 Å². The van der Waals surface area contributed by atoms with Crippen molar-refractivity contribution in [1.29, 1.82) is 0 Å². The van der Waals surface area contributed by atoms with Crippen LogP contribution < -0.4 is 5.32 Å². The van der Waals surface area contributed by atoms with Gasteiger partial charge in [-0.1, -0.05) is 0 Å². The van der Waals surface area contributed by atoms with Gasteiger partial charge in [0.25, 0.3) is 5.91 Å². The molecule has 6 heteroatoms. The van der Waals surface area contributed by atoms with Crippen LogP contribution in [-0.4, -0.2) is 46.3 Å². The minimum atomic E-state index is 0. The summed E-state index contributed by atoms with van der Waals surface area (Å²) < 4.78 is 1.74. The number of aryl methyl sites for hydroxylation is 1. The molecule has 5 nitrogen and oxygen atoms in total. The number of hydrogen-bond acceptors (Lipinski definition) is 3. The average molecular weight is 259 g/mol. The Labute approximate surface area is 108 Å². The van der Waals surface area contributed by atoms with E-state index >= 15 is 0 Å². The molecule has 0 aliphatic carbocycles. The molecule has 1 aromatic rings. The van der Waals surface area contributed by atoms with Gasteiger partial charge >= 0.3 is 0 Å². The quantitative estimate of drug-likeness (QED) is 0.802. The maximum Gasteiger partial charge on any atom is 0.257 e. The summed E-state index contributed by atoms with van der Waals surface area (Å²) in [5.74, 6) is 0.0969. The standard InChI is InChI=1S/C11H18N4O.ClH/c1-8-6-12-4-5-15(8)11(16)10-7-13-14(3)9(10)2;/h7-8,12H,4-6H2,1-3H3;1H. The molecule has 1 saturated heterocycles. The largest absolute Gasteiger partial charge is 0.333 e. The Hall–Kier alpha value is -1.07. The average Bonchev–Trinajstić information content (AvgIpc) is 2.60.